The smallest absolute Gasteiger partial charge is 0.381 e. The zero-order valence-corrected chi connectivity index (χ0v) is 41.4. The molecule has 0 aromatic heterocycles. The molecule has 0 saturated carbocycles. The van der Waals surface area contributed by atoms with Crippen LogP contribution in [0.2, 0.25) is 0 Å². The van der Waals surface area contributed by atoms with Gasteiger partial charge in [-0.1, -0.05) is 83.9 Å². The van der Waals surface area contributed by atoms with Crippen molar-refractivity contribution in [2.24, 2.45) is 0 Å². The molecule has 0 radical (unpaired) electrons. The summed E-state index contributed by atoms with van der Waals surface area (Å²) in [5.74, 6) is -88.4. The van der Waals surface area contributed by atoms with Crippen LogP contribution in [0.25, 0.3) is 44.5 Å². The lowest BCUT2D eigenvalue weighted by molar-refractivity contribution is -0.372. The van der Waals surface area contributed by atoms with Crippen molar-refractivity contribution in [3.63, 3.8) is 0 Å². The Kier molecular flexibility index (Phi) is 16.4. The van der Waals surface area contributed by atoms with Gasteiger partial charge in [0.2, 0.25) is 58.0 Å². The zero-order chi connectivity index (χ0) is 62.0. The lowest BCUT2D eigenvalue weighted by Gasteiger charge is -2.36. The number of hydrogen-bond donors (Lipinski definition) is 0. The molecule has 0 unspecified atom stereocenters. The summed E-state index contributed by atoms with van der Waals surface area (Å²) in [6, 6.07) is 23.6. The van der Waals surface area contributed by atoms with Gasteiger partial charge in [0.1, 0.15) is 11.5 Å². The largest absolute Gasteiger partial charge is 0.481 e. The van der Waals surface area contributed by atoms with Crippen molar-refractivity contribution in [2.75, 3.05) is 13.2 Å². The molecule has 8 rings (SSSR count). The third-order valence-corrected chi connectivity index (χ3v) is 12.4. The molecule has 0 aliphatic carbocycles. The van der Waals surface area contributed by atoms with Crippen molar-refractivity contribution in [2.45, 2.75) is 37.5 Å². The fourth-order valence-electron chi connectivity index (χ4n) is 7.96. The van der Waals surface area contributed by atoms with Gasteiger partial charge in [-0.3, -0.25) is 0 Å². The second-order valence-electron chi connectivity index (χ2n) is 18.0. The molecule has 0 N–H and O–H groups in total. The molecular formula is C56H26F24O4. The van der Waals surface area contributed by atoms with Crippen molar-refractivity contribution >= 4 is 0 Å². The maximum Gasteiger partial charge on any atom is 0.381 e. The summed E-state index contributed by atoms with van der Waals surface area (Å²) in [5.41, 5.74) is -6.42. The fraction of sp³-hybridized carbons (Fsp3) is 0.143. The van der Waals surface area contributed by atoms with Crippen LogP contribution in [0.15, 0.2) is 97.1 Å². The molecule has 0 aliphatic heterocycles. The Balaban J connectivity index is 0.990. The number of hydrogen-bond acceptors (Lipinski definition) is 4. The Morgan fingerprint density at radius 2 is 0.548 bits per heavy atom. The van der Waals surface area contributed by atoms with Gasteiger partial charge in [0.25, 0.3) is 0 Å². The van der Waals surface area contributed by atoms with Gasteiger partial charge < -0.3 is 18.9 Å². The maximum absolute atomic E-state index is 15.4. The van der Waals surface area contributed by atoms with E-state index in [1.54, 1.807) is 24.3 Å². The summed E-state index contributed by atoms with van der Waals surface area (Å²) in [4.78, 5) is 0. The Hall–Kier alpha value is -8.72. The van der Waals surface area contributed by atoms with E-state index >= 15 is 61.5 Å². The molecule has 84 heavy (non-hydrogen) atoms. The summed E-state index contributed by atoms with van der Waals surface area (Å²) in [6.07, 6.45) is 0. The first kappa shape index (κ1) is 61.4. The maximum atomic E-state index is 15.4. The van der Waals surface area contributed by atoms with E-state index in [2.05, 4.69) is 9.47 Å². The standard InChI is InChI=1S/C56H26F24O4/c1-21-6-14-27(15-7-21)83-51-45(69)37(61)31(38(62)46(51)70)29-33(57)41(65)49(42(66)34(29)58)81-19-53(73,74)55(77,78)56(79,80)54(75,76)20-82-50-43(67)35(59)30(36(60)44(50)68)32-39(63)47(71)52(48(72)40(32)64)84-28-16-12-24(13-17-28)23-8-10-25(11-9-23)26-5-3-4-22(2)18-26/h3-18H,19-20H2,1-2H3. The highest BCUT2D eigenvalue weighted by Crippen LogP contribution is 2.54. The van der Waals surface area contributed by atoms with Gasteiger partial charge in [0.15, 0.2) is 71.3 Å². The first-order valence-electron chi connectivity index (χ1n) is 23.1. The molecule has 0 aliphatic rings. The number of benzene rings is 8. The fourth-order valence-corrected chi connectivity index (χ4v) is 7.96. The molecule has 0 atom stereocenters. The van der Waals surface area contributed by atoms with E-state index < -0.39 is 187 Å². The summed E-state index contributed by atoms with van der Waals surface area (Å²) in [6.45, 7) is -4.09. The summed E-state index contributed by atoms with van der Waals surface area (Å²) >= 11 is 0. The monoisotopic (exact) mass is 1220 g/mol. The van der Waals surface area contributed by atoms with E-state index in [9.17, 15) is 43.9 Å². The van der Waals surface area contributed by atoms with E-state index in [4.69, 9.17) is 9.47 Å². The van der Waals surface area contributed by atoms with Crippen molar-refractivity contribution in [1.82, 2.24) is 0 Å². The highest BCUT2D eigenvalue weighted by molar-refractivity contribution is 5.73. The molecule has 0 heterocycles. The van der Waals surface area contributed by atoms with Gasteiger partial charge in [0, 0.05) is 0 Å². The predicted molar refractivity (Wildman–Crippen MR) is 247 cm³/mol. The number of rotatable bonds is 17. The molecule has 0 spiro atoms. The van der Waals surface area contributed by atoms with Crippen LogP contribution in [0.1, 0.15) is 11.1 Å². The van der Waals surface area contributed by atoms with Crippen LogP contribution < -0.4 is 18.9 Å². The second kappa shape index (κ2) is 22.5. The van der Waals surface area contributed by atoms with Crippen LogP contribution in [-0.4, -0.2) is 36.9 Å². The molecule has 0 fully saturated rings. The van der Waals surface area contributed by atoms with Crippen LogP contribution in [0, 0.1) is 107 Å². The summed E-state index contributed by atoms with van der Waals surface area (Å²) in [5, 5.41) is 0. The van der Waals surface area contributed by atoms with E-state index in [1.165, 1.54) is 31.2 Å². The summed E-state index contributed by atoms with van der Waals surface area (Å²) in [7, 11) is 0. The number of aryl methyl sites for hydroxylation is 2. The van der Waals surface area contributed by atoms with Gasteiger partial charge in [-0.15, -0.1) is 0 Å². The Bertz CT molecular complexity index is 3770. The minimum Gasteiger partial charge on any atom is -0.481 e. The van der Waals surface area contributed by atoms with Gasteiger partial charge in [0.05, 0.1) is 22.3 Å². The van der Waals surface area contributed by atoms with E-state index in [1.807, 2.05) is 31.2 Å². The van der Waals surface area contributed by atoms with Crippen molar-refractivity contribution < 1.29 is 124 Å². The summed E-state index contributed by atoms with van der Waals surface area (Å²) < 4.78 is 379. The van der Waals surface area contributed by atoms with Crippen LogP contribution in [-0.2, 0) is 0 Å². The minimum absolute atomic E-state index is 0.459. The lowest BCUT2D eigenvalue weighted by atomic mass is 9.99. The third-order valence-electron chi connectivity index (χ3n) is 12.4. The van der Waals surface area contributed by atoms with Gasteiger partial charge in [-0.25, -0.2) is 35.1 Å². The zero-order valence-electron chi connectivity index (χ0n) is 41.4. The molecule has 8 aromatic carbocycles. The molecular weight excluding hydrogens is 1190 g/mol. The Morgan fingerprint density at radius 3 is 0.845 bits per heavy atom. The average molecular weight is 1220 g/mol. The first-order chi connectivity index (χ1) is 39.2. The normalized spacial score (nSPS) is 12.3. The van der Waals surface area contributed by atoms with E-state index in [0.29, 0.717) is 16.7 Å². The number of halogens is 24. The highest BCUT2D eigenvalue weighted by atomic mass is 19.4. The SMILES string of the molecule is Cc1ccc(Oc2c(F)c(F)c(-c3c(F)c(F)c(OCC(F)(F)C(F)(F)C(F)(F)C(F)(F)COc4c(F)c(F)c(-c5c(F)c(F)c(Oc6ccc(-c7ccc(-c8cccc(C)c8)cc7)cc6)c(F)c5F)c(F)c4F)c(F)c3F)c(F)c2F)cc1. The number of ether oxygens (including phenoxy) is 4. The van der Waals surface area contributed by atoms with Gasteiger partial charge in [-0.2, -0.15) is 70.2 Å². The average Bonchev–Trinajstić information content (AvgIpc) is 2.64. The Morgan fingerprint density at radius 1 is 0.286 bits per heavy atom. The predicted octanol–water partition coefficient (Wildman–Crippen LogP) is 18.8. The quantitative estimate of drug-likeness (QED) is 0.0673. The molecule has 4 nitrogen and oxygen atoms in total. The van der Waals surface area contributed by atoms with Crippen molar-refractivity contribution in [3.8, 4) is 79.0 Å². The molecule has 0 saturated heterocycles. The molecule has 0 amide bonds. The van der Waals surface area contributed by atoms with Crippen LogP contribution >= 0.6 is 0 Å². The topological polar surface area (TPSA) is 36.9 Å². The minimum atomic E-state index is -7.71. The van der Waals surface area contributed by atoms with E-state index in [0.717, 1.165) is 41.0 Å². The first-order valence-corrected chi connectivity index (χ1v) is 23.1. The third kappa shape index (κ3) is 10.6. The Labute approximate surface area is 454 Å². The van der Waals surface area contributed by atoms with Gasteiger partial charge in [-0.05, 0) is 60.4 Å². The second-order valence-corrected chi connectivity index (χ2v) is 18.0. The van der Waals surface area contributed by atoms with Crippen molar-refractivity contribution in [1.29, 1.82) is 0 Å². The number of alkyl halides is 8. The van der Waals surface area contributed by atoms with Crippen LogP contribution in [0.4, 0.5) is 105 Å². The molecule has 442 valence electrons. The van der Waals surface area contributed by atoms with Crippen LogP contribution in [0.5, 0.6) is 34.5 Å². The highest BCUT2D eigenvalue weighted by Gasteiger charge is 2.81. The molecule has 8 aromatic rings. The van der Waals surface area contributed by atoms with E-state index in [-0.39, 0.29) is 0 Å². The van der Waals surface area contributed by atoms with Crippen LogP contribution in [0.3, 0.4) is 0 Å². The lowest BCUT2D eigenvalue weighted by Crippen LogP contribution is -2.65. The molecule has 0 bridgehead atoms. The van der Waals surface area contributed by atoms with Crippen molar-refractivity contribution in [3.05, 3.63) is 201 Å². The van der Waals surface area contributed by atoms with Gasteiger partial charge >= 0.3 is 23.7 Å². The molecule has 28 heteroatoms.